The molecule has 1 aromatic rings. The second kappa shape index (κ2) is 3.56. The standard InChI is InChI=1S/C10H15NS/c1-2-10-11-7-9(12-10)8-5-3-4-6-8/h7-8H,2-6H2,1H3. The van der Waals surface area contributed by atoms with Crippen molar-refractivity contribution in [2.75, 3.05) is 0 Å². The molecule has 1 heterocycles. The maximum absolute atomic E-state index is 4.40. The Morgan fingerprint density at radius 1 is 1.50 bits per heavy atom. The largest absolute Gasteiger partial charge is 0.249 e. The topological polar surface area (TPSA) is 12.9 Å². The summed E-state index contributed by atoms with van der Waals surface area (Å²) in [6.45, 7) is 2.18. The average molecular weight is 181 g/mol. The summed E-state index contributed by atoms with van der Waals surface area (Å²) in [5, 5.41) is 1.30. The van der Waals surface area contributed by atoms with Crippen molar-refractivity contribution in [3.8, 4) is 0 Å². The summed E-state index contributed by atoms with van der Waals surface area (Å²) >= 11 is 1.92. The zero-order chi connectivity index (χ0) is 8.39. The molecule has 0 spiro atoms. The van der Waals surface area contributed by atoms with Crippen LogP contribution in [0.25, 0.3) is 0 Å². The number of rotatable bonds is 2. The Bertz CT molecular complexity index is 248. The van der Waals surface area contributed by atoms with Crippen LogP contribution in [-0.4, -0.2) is 4.98 Å². The van der Waals surface area contributed by atoms with Crippen LogP contribution in [0.3, 0.4) is 0 Å². The van der Waals surface area contributed by atoms with Gasteiger partial charge in [-0.2, -0.15) is 0 Å². The first-order chi connectivity index (χ1) is 5.90. The van der Waals surface area contributed by atoms with Crippen LogP contribution in [0.1, 0.15) is 48.4 Å². The van der Waals surface area contributed by atoms with Crippen LogP contribution in [0.5, 0.6) is 0 Å². The monoisotopic (exact) mass is 181 g/mol. The third-order valence-corrected chi connectivity index (χ3v) is 3.94. The minimum absolute atomic E-state index is 0.850. The third kappa shape index (κ3) is 1.53. The van der Waals surface area contributed by atoms with Crippen LogP contribution in [0, 0.1) is 0 Å². The van der Waals surface area contributed by atoms with E-state index >= 15 is 0 Å². The van der Waals surface area contributed by atoms with Crippen molar-refractivity contribution >= 4 is 11.3 Å². The highest BCUT2D eigenvalue weighted by atomic mass is 32.1. The van der Waals surface area contributed by atoms with Crippen molar-refractivity contribution in [2.24, 2.45) is 0 Å². The first-order valence-corrected chi connectivity index (χ1v) is 5.66. The van der Waals surface area contributed by atoms with Gasteiger partial charge in [0.2, 0.25) is 0 Å². The average Bonchev–Trinajstić information content (AvgIpc) is 2.75. The minimum Gasteiger partial charge on any atom is -0.249 e. The molecule has 0 radical (unpaired) electrons. The maximum atomic E-state index is 4.40. The summed E-state index contributed by atoms with van der Waals surface area (Å²) in [5.74, 6) is 0.850. The SMILES string of the molecule is CCc1ncc(C2CCCC2)s1. The lowest BCUT2D eigenvalue weighted by Gasteiger charge is -2.02. The predicted molar refractivity (Wildman–Crippen MR) is 52.7 cm³/mol. The molecule has 66 valence electrons. The van der Waals surface area contributed by atoms with E-state index in [1.807, 2.05) is 11.3 Å². The molecule has 2 heteroatoms. The summed E-state index contributed by atoms with van der Waals surface area (Å²) in [6.07, 6.45) is 8.82. The van der Waals surface area contributed by atoms with Crippen molar-refractivity contribution in [2.45, 2.75) is 44.9 Å². The van der Waals surface area contributed by atoms with Gasteiger partial charge >= 0.3 is 0 Å². The van der Waals surface area contributed by atoms with E-state index in [2.05, 4.69) is 18.1 Å². The van der Waals surface area contributed by atoms with E-state index in [1.165, 1.54) is 35.6 Å². The van der Waals surface area contributed by atoms with Crippen LogP contribution in [0.2, 0.25) is 0 Å². The second-order valence-corrected chi connectivity index (χ2v) is 4.64. The summed E-state index contributed by atoms with van der Waals surface area (Å²) in [6, 6.07) is 0. The Hall–Kier alpha value is -0.370. The van der Waals surface area contributed by atoms with Gasteiger partial charge in [-0.1, -0.05) is 19.8 Å². The molecule has 0 N–H and O–H groups in total. The molecule has 0 amide bonds. The second-order valence-electron chi connectivity index (χ2n) is 3.49. The summed E-state index contributed by atoms with van der Waals surface area (Å²) in [5.41, 5.74) is 0. The highest BCUT2D eigenvalue weighted by Crippen LogP contribution is 2.36. The van der Waals surface area contributed by atoms with Crippen LogP contribution in [-0.2, 0) is 6.42 Å². The van der Waals surface area contributed by atoms with Crippen LogP contribution < -0.4 is 0 Å². The highest BCUT2D eigenvalue weighted by Gasteiger charge is 2.18. The molecule has 1 aromatic heterocycles. The van der Waals surface area contributed by atoms with Gasteiger partial charge in [-0.05, 0) is 25.2 Å². The maximum Gasteiger partial charge on any atom is 0.0925 e. The summed E-state index contributed by atoms with van der Waals surface area (Å²) < 4.78 is 0. The fraction of sp³-hybridized carbons (Fsp3) is 0.700. The highest BCUT2D eigenvalue weighted by molar-refractivity contribution is 7.11. The molecule has 0 aliphatic heterocycles. The lowest BCUT2D eigenvalue weighted by Crippen LogP contribution is -1.85. The van der Waals surface area contributed by atoms with E-state index in [0.717, 1.165) is 12.3 Å². The van der Waals surface area contributed by atoms with Gasteiger partial charge in [0.1, 0.15) is 0 Å². The Labute approximate surface area is 77.8 Å². The normalized spacial score (nSPS) is 18.8. The summed E-state index contributed by atoms with van der Waals surface area (Å²) in [4.78, 5) is 5.93. The molecule has 1 saturated carbocycles. The number of nitrogens with zero attached hydrogens (tertiary/aromatic N) is 1. The molecule has 0 unspecified atom stereocenters. The number of aromatic nitrogens is 1. The van der Waals surface area contributed by atoms with Crippen molar-refractivity contribution in [3.05, 3.63) is 16.1 Å². The number of aryl methyl sites for hydroxylation is 1. The molecule has 2 rings (SSSR count). The summed E-state index contributed by atoms with van der Waals surface area (Å²) in [7, 11) is 0. The third-order valence-electron chi connectivity index (χ3n) is 2.63. The molecule has 0 saturated heterocycles. The van der Waals surface area contributed by atoms with E-state index in [9.17, 15) is 0 Å². The van der Waals surface area contributed by atoms with Crippen molar-refractivity contribution in [1.29, 1.82) is 0 Å². The van der Waals surface area contributed by atoms with E-state index in [1.54, 1.807) is 0 Å². The molecule has 0 atom stereocenters. The van der Waals surface area contributed by atoms with Gasteiger partial charge in [0.05, 0.1) is 5.01 Å². The smallest absolute Gasteiger partial charge is 0.0925 e. The van der Waals surface area contributed by atoms with E-state index in [-0.39, 0.29) is 0 Å². The van der Waals surface area contributed by atoms with Crippen LogP contribution in [0.15, 0.2) is 6.20 Å². The van der Waals surface area contributed by atoms with Gasteiger partial charge < -0.3 is 0 Å². The quantitative estimate of drug-likeness (QED) is 0.681. The Morgan fingerprint density at radius 3 is 2.83 bits per heavy atom. The molecule has 12 heavy (non-hydrogen) atoms. The van der Waals surface area contributed by atoms with Gasteiger partial charge in [-0.3, -0.25) is 0 Å². The van der Waals surface area contributed by atoms with Crippen LogP contribution >= 0.6 is 11.3 Å². The molecular formula is C10H15NS. The Kier molecular flexibility index (Phi) is 2.45. The van der Waals surface area contributed by atoms with Gasteiger partial charge in [-0.25, -0.2) is 4.98 Å². The fourth-order valence-corrected chi connectivity index (χ4v) is 2.92. The van der Waals surface area contributed by atoms with Gasteiger partial charge in [0.25, 0.3) is 0 Å². The lowest BCUT2D eigenvalue weighted by atomic mass is 10.1. The molecule has 1 nitrogen and oxygen atoms in total. The van der Waals surface area contributed by atoms with Crippen LogP contribution in [0.4, 0.5) is 0 Å². The Morgan fingerprint density at radius 2 is 2.25 bits per heavy atom. The number of thiazole rings is 1. The predicted octanol–water partition coefficient (Wildman–Crippen LogP) is 3.36. The van der Waals surface area contributed by atoms with Crippen molar-refractivity contribution in [3.63, 3.8) is 0 Å². The number of hydrogen-bond donors (Lipinski definition) is 0. The lowest BCUT2D eigenvalue weighted by molar-refractivity contribution is 0.736. The zero-order valence-corrected chi connectivity index (χ0v) is 8.36. The molecule has 1 aliphatic carbocycles. The molecule has 0 bridgehead atoms. The molecule has 1 aliphatic rings. The van der Waals surface area contributed by atoms with Gasteiger partial charge in [-0.15, -0.1) is 11.3 Å². The van der Waals surface area contributed by atoms with Crippen molar-refractivity contribution < 1.29 is 0 Å². The zero-order valence-electron chi connectivity index (χ0n) is 7.55. The first-order valence-electron chi connectivity index (χ1n) is 4.84. The first kappa shape index (κ1) is 8.24. The number of hydrogen-bond acceptors (Lipinski definition) is 2. The van der Waals surface area contributed by atoms with Gasteiger partial charge in [0.15, 0.2) is 0 Å². The Balaban J connectivity index is 2.11. The van der Waals surface area contributed by atoms with Gasteiger partial charge in [0, 0.05) is 11.1 Å². The molecular weight excluding hydrogens is 166 g/mol. The molecule has 1 fully saturated rings. The fourth-order valence-electron chi connectivity index (χ4n) is 1.89. The van der Waals surface area contributed by atoms with E-state index < -0.39 is 0 Å². The minimum atomic E-state index is 0.850. The van der Waals surface area contributed by atoms with E-state index in [4.69, 9.17) is 0 Å². The molecule has 0 aromatic carbocycles. The van der Waals surface area contributed by atoms with Crippen molar-refractivity contribution in [1.82, 2.24) is 4.98 Å². The van der Waals surface area contributed by atoms with E-state index in [0.29, 0.717) is 0 Å².